The lowest BCUT2D eigenvalue weighted by Crippen LogP contribution is -2.32. The fourth-order valence-electron chi connectivity index (χ4n) is 1.27. The van der Waals surface area contributed by atoms with Crippen LogP contribution in [0.4, 0.5) is 0 Å². The molecular weight excluding hydrogens is 258 g/mol. The van der Waals surface area contributed by atoms with Gasteiger partial charge in [-0.3, -0.25) is 0 Å². The van der Waals surface area contributed by atoms with Gasteiger partial charge in [-0.05, 0) is 19.9 Å². The van der Waals surface area contributed by atoms with Crippen molar-refractivity contribution in [3.8, 4) is 0 Å². The van der Waals surface area contributed by atoms with E-state index >= 15 is 0 Å². The summed E-state index contributed by atoms with van der Waals surface area (Å²) in [5.74, 6) is 0.168. The highest BCUT2D eigenvalue weighted by Gasteiger charge is 2.04. The van der Waals surface area contributed by atoms with Gasteiger partial charge in [-0.2, -0.15) is 0 Å². The summed E-state index contributed by atoms with van der Waals surface area (Å²) >= 11 is 0. The van der Waals surface area contributed by atoms with Crippen molar-refractivity contribution in [2.45, 2.75) is 19.4 Å². The zero-order valence-electron chi connectivity index (χ0n) is 11.2. The van der Waals surface area contributed by atoms with Crippen LogP contribution in [0.5, 0.6) is 0 Å². The van der Waals surface area contributed by atoms with Gasteiger partial charge in [-0.1, -0.05) is 0 Å². The van der Waals surface area contributed by atoms with Crippen LogP contribution in [0.2, 0.25) is 0 Å². The molecule has 0 radical (unpaired) electrons. The number of hydrogen-bond donors (Lipinski definition) is 2. The fourth-order valence-corrected chi connectivity index (χ4v) is 1.94. The molecule has 0 aromatic carbocycles. The third-order valence-corrected chi connectivity index (χ3v) is 3.17. The smallest absolute Gasteiger partial charge is 0.147 e. The number of aliphatic hydroxyl groups is 1. The monoisotopic (exact) mass is 283 g/mol. The van der Waals surface area contributed by atoms with E-state index in [-0.39, 0.29) is 12.4 Å². The van der Waals surface area contributed by atoms with Crippen molar-refractivity contribution in [1.29, 1.82) is 0 Å². The minimum Gasteiger partial charge on any atom is -0.389 e. The van der Waals surface area contributed by atoms with E-state index in [4.69, 9.17) is 9.47 Å². The molecule has 0 aromatic heterocycles. The zero-order chi connectivity index (χ0) is 13.9. The number of sulfone groups is 1. The summed E-state index contributed by atoms with van der Waals surface area (Å²) in [7, 11) is -2.89. The second kappa shape index (κ2) is 10.7. The van der Waals surface area contributed by atoms with Crippen LogP contribution in [0.15, 0.2) is 0 Å². The average molecular weight is 283 g/mol. The van der Waals surface area contributed by atoms with E-state index in [1.54, 1.807) is 0 Å². The Labute approximate surface area is 110 Å². The Morgan fingerprint density at radius 1 is 1.28 bits per heavy atom. The van der Waals surface area contributed by atoms with E-state index in [2.05, 4.69) is 5.32 Å². The molecule has 0 aromatic rings. The molecule has 1 atom stereocenters. The van der Waals surface area contributed by atoms with Gasteiger partial charge >= 0.3 is 0 Å². The molecule has 18 heavy (non-hydrogen) atoms. The lowest BCUT2D eigenvalue weighted by Gasteiger charge is -2.12. The Hall–Kier alpha value is -0.210. The van der Waals surface area contributed by atoms with E-state index in [0.717, 1.165) is 0 Å². The number of aliphatic hydroxyl groups excluding tert-OH is 1. The number of rotatable bonds is 12. The van der Waals surface area contributed by atoms with E-state index < -0.39 is 15.9 Å². The molecule has 6 nitrogen and oxygen atoms in total. The Kier molecular flexibility index (Phi) is 10.6. The van der Waals surface area contributed by atoms with Gasteiger partial charge in [0, 0.05) is 19.4 Å². The van der Waals surface area contributed by atoms with Gasteiger partial charge in [0.25, 0.3) is 0 Å². The highest BCUT2D eigenvalue weighted by molar-refractivity contribution is 7.90. The van der Waals surface area contributed by atoms with Crippen molar-refractivity contribution < 1.29 is 23.0 Å². The molecule has 0 bridgehead atoms. The van der Waals surface area contributed by atoms with Crippen LogP contribution in [-0.2, 0) is 19.3 Å². The summed E-state index contributed by atoms with van der Waals surface area (Å²) in [6.07, 6.45) is 1.19. The normalized spacial score (nSPS) is 13.7. The minimum absolute atomic E-state index is 0.168. The summed E-state index contributed by atoms with van der Waals surface area (Å²) < 4.78 is 32.0. The number of hydrogen-bond acceptors (Lipinski definition) is 6. The van der Waals surface area contributed by atoms with Crippen molar-refractivity contribution in [2.24, 2.45) is 0 Å². The first-order valence-corrected chi connectivity index (χ1v) is 8.23. The van der Waals surface area contributed by atoms with Gasteiger partial charge in [-0.25, -0.2) is 8.42 Å². The van der Waals surface area contributed by atoms with Crippen LogP contribution >= 0.6 is 0 Å². The molecule has 0 rings (SSSR count). The fraction of sp³-hybridized carbons (Fsp3) is 1.00. The third-order valence-electron chi connectivity index (χ3n) is 2.14. The quantitative estimate of drug-likeness (QED) is 0.466. The molecule has 1 unspecified atom stereocenters. The SMILES string of the molecule is CCOCCOCC(O)CNCCCS(C)(=O)=O. The van der Waals surface area contributed by atoms with Crippen LogP contribution in [0.1, 0.15) is 13.3 Å². The molecule has 0 spiro atoms. The van der Waals surface area contributed by atoms with Gasteiger partial charge in [0.2, 0.25) is 0 Å². The number of ether oxygens (including phenoxy) is 2. The number of nitrogens with one attached hydrogen (secondary N) is 1. The molecule has 0 amide bonds. The molecule has 0 fully saturated rings. The molecule has 110 valence electrons. The maximum atomic E-state index is 10.8. The first-order chi connectivity index (χ1) is 8.45. The van der Waals surface area contributed by atoms with Crippen LogP contribution in [0.25, 0.3) is 0 Å². The Bertz CT molecular complexity index is 281. The molecule has 0 aliphatic rings. The molecule has 0 saturated carbocycles. The maximum Gasteiger partial charge on any atom is 0.147 e. The van der Waals surface area contributed by atoms with Crippen LogP contribution in [-0.4, -0.2) is 71.2 Å². The largest absolute Gasteiger partial charge is 0.389 e. The second-order valence-corrected chi connectivity index (χ2v) is 6.37. The van der Waals surface area contributed by atoms with E-state index in [0.29, 0.717) is 39.3 Å². The summed E-state index contributed by atoms with van der Waals surface area (Å²) in [6, 6.07) is 0. The van der Waals surface area contributed by atoms with Crippen molar-refractivity contribution in [3.05, 3.63) is 0 Å². The highest BCUT2D eigenvalue weighted by atomic mass is 32.2. The molecule has 0 saturated heterocycles. The molecule has 7 heteroatoms. The zero-order valence-corrected chi connectivity index (χ0v) is 12.0. The van der Waals surface area contributed by atoms with Crippen molar-refractivity contribution in [3.63, 3.8) is 0 Å². The summed E-state index contributed by atoms with van der Waals surface area (Å²) in [5.41, 5.74) is 0. The topological polar surface area (TPSA) is 84.9 Å². The van der Waals surface area contributed by atoms with E-state index in [1.165, 1.54) is 6.26 Å². The first kappa shape index (κ1) is 17.8. The van der Waals surface area contributed by atoms with Crippen LogP contribution < -0.4 is 5.32 Å². The van der Waals surface area contributed by atoms with Gasteiger partial charge < -0.3 is 19.9 Å². The second-order valence-electron chi connectivity index (χ2n) is 4.11. The first-order valence-electron chi connectivity index (χ1n) is 6.17. The van der Waals surface area contributed by atoms with Gasteiger partial charge in [0.15, 0.2) is 0 Å². The predicted octanol–water partition coefficient (Wildman–Crippen LogP) is -0.575. The van der Waals surface area contributed by atoms with Gasteiger partial charge in [0.05, 0.1) is 31.7 Å². The lowest BCUT2D eigenvalue weighted by atomic mass is 10.3. The van der Waals surface area contributed by atoms with Crippen molar-refractivity contribution >= 4 is 9.84 Å². The summed E-state index contributed by atoms with van der Waals surface area (Å²) in [4.78, 5) is 0. The van der Waals surface area contributed by atoms with Crippen LogP contribution in [0.3, 0.4) is 0 Å². The summed E-state index contributed by atoms with van der Waals surface area (Å²) in [5, 5.41) is 12.5. The van der Waals surface area contributed by atoms with E-state index in [9.17, 15) is 13.5 Å². The Morgan fingerprint density at radius 3 is 2.56 bits per heavy atom. The highest BCUT2D eigenvalue weighted by Crippen LogP contribution is 1.88. The lowest BCUT2D eigenvalue weighted by molar-refractivity contribution is 0.00658. The van der Waals surface area contributed by atoms with Crippen molar-refractivity contribution in [1.82, 2.24) is 5.32 Å². The van der Waals surface area contributed by atoms with Crippen molar-refractivity contribution in [2.75, 3.05) is 51.5 Å². The van der Waals surface area contributed by atoms with Gasteiger partial charge in [-0.15, -0.1) is 0 Å². The third kappa shape index (κ3) is 13.9. The predicted molar refractivity (Wildman–Crippen MR) is 70.5 cm³/mol. The minimum atomic E-state index is -2.89. The van der Waals surface area contributed by atoms with E-state index in [1.807, 2.05) is 6.92 Å². The standard InChI is InChI=1S/C11H25NO5S/c1-3-16-6-7-17-10-11(13)9-12-5-4-8-18(2,14)15/h11-13H,3-10H2,1-2H3. The Morgan fingerprint density at radius 2 is 1.94 bits per heavy atom. The molecule has 0 heterocycles. The Balaban J connectivity index is 3.29. The molecule has 0 aliphatic heterocycles. The van der Waals surface area contributed by atoms with Crippen LogP contribution in [0, 0.1) is 0 Å². The maximum absolute atomic E-state index is 10.8. The summed E-state index contributed by atoms with van der Waals surface area (Å²) in [6.45, 7) is 4.81. The molecular formula is C11H25NO5S. The van der Waals surface area contributed by atoms with Gasteiger partial charge in [0.1, 0.15) is 9.84 Å². The average Bonchev–Trinajstić information content (AvgIpc) is 2.27. The molecule has 0 aliphatic carbocycles. The molecule has 2 N–H and O–H groups in total.